The van der Waals surface area contributed by atoms with Gasteiger partial charge in [0.1, 0.15) is 10.6 Å². The molecule has 2 aromatic carbocycles. The highest BCUT2D eigenvalue weighted by molar-refractivity contribution is 7.89. The summed E-state index contributed by atoms with van der Waals surface area (Å²) in [7, 11) is 2.06. The molecular formula is C22H30N2O7S. The molecule has 0 aromatic heterocycles. The molecular weight excluding hydrogens is 436 g/mol. The van der Waals surface area contributed by atoms with Gasteiger partial charge in [-0.2, -0.15) is 0 Å². The lowest BCUT2D eigenvalue weighted by Gasteiger charge is -2.22. The van der Waals surface area contributed by atoms with E-state index in [0.29, 0.717) is 24.6 Å². The maximum absolute atomic E-state index is 13.2. The van der Waals surface area contributed by atoms with Gasteiger partial charge in [0.2, 0.25) is 10.0 Å². The predicted molar refractivity (Wildman–Crippen MR) is 120 cm³/mol. The van der Waals surface area contributed by atoms with Crippen molar-refractivity contribution in [2.24, 2.45) is 0 Å². The highest BCUT2D eigenvalue weighted by atomic mass is 32.2. The lowest BCUT2D eigenvalue weighted by atomic mass is 10.1. The third-order valence-corrected chi connectivity index (χ3v) is 6.27. The Labute approximate surface area is 189 Å². The molecule has 1 N–H and O–H groups in total. The fraction of sp³-hybridized carbons (Fsp3) is 0.409. The first kappa shape index (κ1) is 25.4. The quantitative estimate of drug-likeness (QED) is 0.479. The standard InChI is InChI=1S/C22H30N2O7S/c1-6-24(15-16-7-9-18(29-3)20(13-16)31-5)22(25)17-8-10-19(30-4)21(14-17)32(26,27)23-11-12-28-2/h7-10,13-14,23H,6,11-12,15H2,1-5H3. The number of carbonyl (C=O) groups is 1. The molecule has 32 heavy (non-hydrogen) atoms. The number of rotatable bonds is 12. The van der Waals surface area contributed by atoms with E-state index in [-0.39, 0.29) is 35.3 Å². The molecule has 0 radical (unpaired) electrons. The molecule has 0 aliphatic carbocycles. The first-order valence-corrected chi connectivity index (χ1v) is 11.5. The minimum Gasteiger partial charge on any atom is -0.495 e. The second kappa shape index (κ2) is 11.7. The number of hydrogen-bond donors (Lipinski definition) is 1. The SMILES string of the molecule is CCN(Cc1ccc(OC)c(OC)c1)C(=O)c1ccc(OC)c(S(=O)(=O)NCCOC)c1. The van der Waals surface area contributed by atoms with E-state index < -0.39 is 10.0 Å². The Morgan fingerprint density at radius 2 is 1.59 bits per heavy atom. The third kappa shape index (κ3) is 6.12. The van der Waals surface area contributed by atoms with Gasteiger partial charge in [-0.3, -0.25) is 4.79 Å². The van der Waals surface area contributed by atoms with E-state index >= 15 is 0 Å². The van der Waals surface area contributed by atoms with E-state index in [4.69, 9.17) is 18.9 Å². The molecule has 0 heterocycles. The summed E-state index contributed by atoms with van der Waals surface area (Å²) >= 11 is 0. The zero-order chi connectivity index (χ0) is 23.7. The number of benzene rings is 2. The molecule has 2 aromatic rings. The fourth-order valence-corrected chi connectivity index (χ4v) is 4.29. The summed E-state index contributed by atoms with van der Waals surface area (Å²) in [5, 5.41) is 0. The molecule has 0 bridgehead atoms. The van der Waals surface area contributed by atoms with Crippen LogP contribution in [0.5, 0.6) is 17.2 Å². The Kier molecular flexibility index (Phi) is 9.30. The number of nitrogens with zero attached hydrogens (tertiary/aromatic N) is 1. The normalized spacial score (nSPS) is 11.2. The number of hydrogen-bond acceptors (Lipinski definition) is 7. The number of ether oxygens (including phenoxy) is 4. The van der Waals surface area contributed by atoms with Crippen molar-refractivity contribution in [1.29, 1.82) is 0 Å². The molecule has 0 aliphatic heterocycles. The van der Waals surface area contributed by atoms with Gasteiger partial charge in [0.05, 0.1) is 27.9 Å². The van der Waals surface area contributed by atoms with Gasteiger partial charge in [-0.25, -0.2) is 13.1 Å². The monoisotopic (exact) mass is 466 g/mol. The van der Waals surface area contributed by atoms with Crippen LogP contribution in [-0.4, -0.2) is 67.4 Å². The zero-order valence-corrected chi connectivity index (χ0v) is 19.8. The second-order valence-corrected chi connectivity index (χ2v) is 8.50. The summed E-state index contributed by atoms with van der Waals surface area (Å²) in [6, 6.07) is 9.78. The lowest BCUT2D eigenvalue weighted by Crippen LogP contribution is -2.31. The summed E-state index contributed by atoms with van der Waals surface area (Å²) in [5.74, 6) is 0.998. The van der Waals surface area contributed by atoms with Crippen LogP contribution < -0.4 is 18.9 Å². The molecule has 2 rings (SSSR count). The molecule has 1 amide bonds. The first-order valence-electron chi connectivity index (χ1n) is 9.98. The van der Waals surface area contributed by atoms with Crippen LogP contribution in [0.1, 0.15) is 22.8 Å². The van der Waals surface area contributed by atoms with Crippen molar-refractivity contribution >= 4 is 15.9 Å². The molecule has 0 saturated heterocycles. The Hall–Kier alpha value is -2.82. The molecule has 0 spiro atoms. The zero-order valence-electron chi connectivity index (χ0n) is 19.0. The fourth-order valence-electron chi connectivity index (χ4n) is 3.08. The van der Waals surface area contributed by atoms with Crippen LogP contribution in [0, 0.1) is 0 Å². The van der Waals surface area contributed by atoms with Crippen molar-refractivity contribution in [3.8, 4) is 17.2 Å². The van der Waals surface area contributed by atoms with Gasteiger partial charge in [-0.1, -0.05) is 6.07 Å². The van der Waals surface area contributed by atoms with Crippen LogP contribution in [0.2, 0.25) is 0 Å². The van der Waals surface area contributed by atoms with Gasteiger partial charge in [-0.15, -0.1) is 0 Å². The minimum atomic E-state index is -3.90. The molecule has 0 unspecified atom stereocenters. The average Bonchev–Trinajstić information content (AvgIpc) is 2.81. The average molecular weight is 467 g/mol. The smallest absolute Gasteiger partial charge is 0.254 e. The molecule has 0 aliphatic rings. The van der Waals surface area contributed by atoms with Gasteiger partial charge in [0.25, 0.3) is 5.91 Å². The number of amides is 1. The van der Waals surface area contributed by atoms with E-state index in [1.165, 1.54) is 26.4 Å². The highest BCUT2D eigenvalue weighted by Gasteiger charge is 2.23. The summed E-state index contributed by atoms with van der Waals surface area (Å²) in [6.07, 6.45) is 0. The van der Waals surface area contributed by atoms with Crippen molar-refractivity contribution in [2.75, 3.05) is 48.1 Å². The Balaban J connectivity index is 2.32. The lowest BCUT2D eigenvalue weighted by molar-refractivity contribution is 0.0752. The van der Waals surface area contributed by atoms with E-state index in [2.05, 4.69) is 4.72 Å². The largest absolute Gasteiger partial charge is 0.495 e. The topological polar surface area (TPSA) is 103 Å². The second-order valence-electron chi connectivity index (χ2n) is 6.76. The van der Waals surface area contributed by atoms with Crippen LogP contribution in [-0.2, 0) is 21.3 Å². The van der Waals surface area contributed by atoms with Crippen molar-refractivity contribution < 1.29 is 32.2 Å². The molecule has 176 valence electrons. The van der Waals surface area contributed by atoms with Crippen LogP contribution >= 0.6 is 0 Å². The Bertz CT molecular complexity index is 1020. The number of sulfonamides is 1. The van der Waals surface area contributed by atoms with Gasteiger partial charge < -0.3 is 23.8 Å². The van der Waals surface area contributed by atoms with E-state index in [9.17, 15) is 13.2 Å². The molecule has 10 heteroatoms. The molecule has 0 atom stereocenters. The first-order chi connectivity index (χ1) is 15.3. The summed E-state index contributed by atoms with van der Waals surface area (Å²) in [4.78, 5) is 14.7. The predicted octanol–water partition coefficient (Wildman–Crippen LogP) is 2.30. The van der Waals surface area contributed by atoms with Gasteiger partial charge >= 0.3 is 0 Å². The van der Waals surface area contributed by atoms with Crippen molar-refractivity contribution in [2.45, 2.75) is 18.4 Å². The highest BCUT2D eigenvalue weighted by Crippen LogP contribution is 2.29. The van der Waals surface area contributed by atoms with Crippen molar-refractivity contribution in [3.63, 3.8) is 0 Å². The summed E-state index contributed by atoms with van der Waals surface area (Å²) < 4.78 is 48.6. The van der Waals surface area contributed by atoms with Crippen LogP contribution in [0.3, 0.4) is 0 Å². The van der Waals surface area contributed by atoms with Gasteiger partial charge in [-0.05, 0) is 42.8 Å². The summed E-state index contributed by atoms with van der Waals surface area (Å²) in [6.45, 7) is 2.91. The number of carbonyl (C=O) groups excluding carboxylic acids is 1. The Morgan fingerprint density at radius 1 is 0.938 bits per heavy atom. The van der Waals surface area contributed by atoms with Crippen LogP contribution in [0.25, 0.3) is 0 Å². The van der Waals surface area contributed by atoms with Crippen molar-refractivity contribution in [1.82, 2.24) is 9.62 Å². The Morgan fingerprint density at radius 3 is 2.19 bits per heavy atom. The van der Waals surface area contributed by atoms with Crippen LogP contribution in [0.15, 0.2) is 41.3 Å². The molecule has 0 fully saturated rings. The third-order valence-electron chi connectivity index (χ3n) is 4.79. The molecule has 9 nitrogen and oxygen atoms in total. The van der Waals surface area contributed by atoms with E-state index in [1.807, 2.05) is 13.0 Å². The van der Waals surface area contributed by atoms with E-state index in [0.717, 1.165) is 5.56 Å². The number of methoxy groups -OCH3 is 4. The van der Waals surface area contributed by atoms with E-state index in [1.54, 1.807) is 37.3 Å². The van der Waals surface area contributed by atoms with Crippen LogP contribution in [0.4, 0.5) is 0 Å². The molecule has 0 saturated carbocycles. The number of nitrogens with one attached hydrogen (secondary N) is 1. The maximum Gasteiger partial charge on any atom is 0.254 e. The van der Waals surface area contributed by atoms with Gasteiger partial charge in [0, 0.05) is 32.3 Å². The minimum absolute atomic E-state index is 0.0978. The van der Waals surface area contributed by atoms with Gasteiger partial charge in [0.15, 0.2) is 11.5 Å². The van der Waals surface area contributed by atoms with Crippen molar-refractivity contribution in [3.05, 3.63) is 47.5 Å². The summed E-state index contributed by atoms with van der Waals surface area (Å²) in [5.41, 5.74) is 1.08. The maximum atomic E-state index is 13.2.